The van der Waals surface area contributed by atoms with E-state index in [0.717, 1.165) is 0 Å². The normalized spacial score (nSPS) is 12.9. The second-order valence-electron chi connectivity index (χ2n) is 6.28. The number of aryl methyl sites for hydroxylation is 2. The molecule has 3 aromatic rings. The second kappa shape index (κ2) is 6.71. The van der Waals surface area contributed by atoms with E-state index in [9.17, 15) is 13.6 Å². The molecular weight excluding hydrogens is 360 g/mol. The molecule has 9 heteroatoms. The van der Waals surface area contributed by atoms with Crippen molar-refractivity contribution in [1.29, 1.82) is 0 Å². The molecule has 0 amide bonds. The van der Waals surface area contributed by atoms with E-state index in [1.54, 1.807) is 29.4 Å². The molecule has 0 fully saturated rings. The lowest BCUT2D eigenvalue weighted by molar-refractivity contribution is 0.153. The topological polar surface area (TPSA) is 68.5 Å². The predicted octanol–water partition coefficient (Wildman–Crippen LogP) is 4.07. The first-order valence-corrected chi connectivity index (χ1v) is 8.63. The van der Waals surface area contributed by atoms with Crippen molar-refractivity contribution in [3.63, 3.8) is 0 Å². The van der Waals surface area contributed by atoms with Gasteiger partial charge in [0.1, 0.15) is 5.65 Å². The third-order valence-electron chi connectivity index (χ3n) is 4.48. The van der Waals surface area contributed by atoms with Gasteiger partial charge in [-0.25, -0.2) is 13.8 Å². The lowest BCUT2D eigenvalue weighted by Crippen LogP contribution is -2.19. The lowest BCUT2D eigenvalue weighted by atomic mass is 10.1. The lowest BCUT2D eigenvalue weighted by Gasteiger charge is -2.18. The predicted molar refractivity (Wildman–Crippen MR) is 98.1 cm³/mol. The molecule has 0 saturated heterocycles. The summed E-state index contributed by atoms with van der Waals surface area (Å²) in [5.74, 6) is 0. The highest BCUT2D eigenvalue weighted by Gasteiger charge is 2.22. The SMILES string of the molecule is CC[C@@H](C)n1c(=S)[nH]c(=O)c2c(C(F)F)cc(-c3cn(C)nc3C)nc21. The van der Waals surface area contributed by atoms with Crippen molar-refractivity contribution in [2.24, 2.45) is 7.05 Å². The zero-order valence-electron chi connectivity index (χ0n) is 14.9. The van der Waals surface area contributed by atoms with Crippen molar-refractivity contribution in [2.45, 2.75) is 39.7 Å². The maximum atomic E-state index is 13.8. The van der Waals surface area contributed by atoms with E-state index in [1.807, 2.05) is 13.8 Å². The minimum absolute atomic E-state index is 0.106. The highest BCUT2D eigenvalue weighted by molar-refractivity contribution is 7.71. The van der Waals surface area contributed by atoms with Crippen molar-refractivity contribution in [3.8, 4) is 11.3 Å². The number of nitrogens with one attached hydrogen (secondary N) is 1. The van der Waals surface area contributed by atoms with Crippen molar-refractivity contribution in [1.82, 2.24) is 24.3 Å². The van der Waals surface area contributed by atoms with Crippen LogP contribution in [0.1, 0.15) is 44.0 Å². The molecule has 3 aromatic heterocycles. The first-order chi connectivity index (χ1) is 12.2. The number of pyridine rings is 1. The van der Waals surface area contributed by atoms with Gasteiger partial charge in [0.15, 0.2) is 4.77 Å². The van der Waals surface area contributed by atoms with Crippen LogP contribution in [0.2, 0.25) is 0 Å². The average Bonchev–Trinajstić information content (AvgIpc) is 2.91. The van der Waals surface area contributed by atoms with Gasteiger partial charge < -0.3 is 0 Å². The number of hydrogen-bond acceptors (Lipinski definition) is 4. The number of fused-ring (bicyclic) bond motifs is 1. The first kappa shape index (κ1) is 18.4. The van der Waals surface area contributed by atoms with Gasteiger partial charge in [-0.2, -0.15) is 5.10 Å². The van der Waals surface area contributed by atoms with Crippen LogP contribution in [0, 0.1) is 11.7 Å². The highest BCUT2D eigenvalue weighted by Crippen LogP contribution is 2.31. The molecule has 6 nitrogen and oxygen atoms in total. The summed E-state index contributed by atoms with van der Waals surface area (Å²) in [5.41, 5.74) is 0.805. The smallest absolute Gasteiger partial charge is 0.264 e. The molecule has 1 N–H and O–H groups in total. The van der Waals surface area contributed by atoms with Gasteiger partial charge in [0.2, 0.25) is 0 Å². The monoisotopic (exact) mass is 379 g/mol. The Kier molecular flexibility index (Phi) is 4.74. The number of alkyl halides is 2. The maximum absolute atomic E-state index is 13.8. The Bertz CT molecular complexity index is 1100. The molecule has 3 heterocycles. The summed E-state index contributed by atoms with van der Waals surface area (Å²) < 4.78 is 30.9. The Balaban J connectivity index is 2.50. The molecule has 0 aliphatic carbocycles. The van der Waals surface area contributed by atoms with E-state index in [1.165, 1.54) is 6.07 Å². The van der Waals surface area contributed by atoms with Gasteiger partial charge >= 0.3 is 0 Å². The summed E-state index contributed by atoms with van der Waals surface area (Å²) in [6.45, 7) is 5.63. The van der Waals surface area contributed by atoms with Crippen LogP contribution in [0.4, 0.5) is 8.78 Å². The summed E-state index contributed by atoms with van der Waals surface area (Å²) >= 11 is 5.27. The van der Waals surface area contributed by atoms with Gasteiger partial charge in [0.25, 0.3) is 12.0 Å². The molecule has 138 valence electrons. The Morgan fingerprint density at radius 2 is 2.08 bits per heavy atom. The molecule has 0 unspecified atom stereocenters. The van der Waals surface area contributed by atoms with Crippen LogP contribution >= 0.6 is 12.2 Å². The van der Waals surface area contributed by atoms with E-state index in [4.69, 9.17) is 12.2 Å². The third kappa shape index (κ3) is 2.96. The molecule has 0 saturated carbocycles. The fraction of sp³-hybridized carbons (Fsp3) is 0.412. The highest BCUT2D eigenvalue weighted by atomic mass is 32.1. The van der Waals surface area contributed by atoms with E-state index in [0.29, 0.717) is 23.4 Å². The fourth-order valence-corrected chi connectivity index (χ4v) is 3.39. The van der Waals surface area contributed by atoms with Crippen LogP contribution in [0.5, 0.6) is 0 Å². The number of hydrogen-bond donors (Lipinski definition) is 1. The van der Waals surface area contributed by atoms with Crippen LogP contribution in [-0.4, -0.2) is 24.3 Å². The number of aromatic amines is 1. The Hall–Kier alpha value is -2.42. The fourth-order valence-electron chi connectivity index (χ4n) is 3.03. The van der Waals surface area contributed by atoms with E-state index in [2.05, 4.69) is 15.1 Å². The number of H-pyrrole nitrogens is 1. The standard InChI is InChI=1S/C17H19F2N5OS/c1-5-8(2)24-15-13(16(25)21-17(24)26)10(14(18)19)6-12(20-15)11-7-23(4)22-9(11)3/h6-8,14H,5H2,1-4H3,(H,21,25,26)/t8-/m1/s1. The Morgan fingerprint density at radius 3 is 2.62 bits per heavy atom. The van der Waals surface area contributed by atoms with E-state index in [-0.39, 0.29) is 27.4 Å². The third-order valence-corrected chi connectivity index (χ3v) is 4.78. The largest absolute Gasteiger partial charge is 0.300 e. The average molecular weight is 379 g/mol. The summed E-state index contributed by atoms with van der Waals surface area (Å²) in [6.07, 6.45) is -0.399. The van der Waals surface area contributed by atoms with E-state index < -0.39 is 12.0 Å². The van der Waals surface area contributed by atoms with Crippen LogP contribution < -0.4 is 5.56 Å². The molecule has 0 radical (unpaired) electrons. The zero-order chi connectivity index (χ0) is 19.2. The quantitative estimate of drug-likeness (QED) is 0.694. The molecule has 0 aliphatic heterocycles. The molecule has 0 aromatic carbocycles. The number of rotatable bonds is 4. The summed E-state index contributed by atoms with van der Waals surface area (Å²) in [5, 5.41) is 4.12. The van der Waals surface area contributed by atoms with E-state index >= 15 is 0 Å². The minimum Gasteiger partial charge on any atom is -0.300 e. The molecule has 0 aliphatic rings. The van der Waals surface area contributed by atoms with Crippen molar-refractivity contribution in [3.05, 3.63) is 38.6 Å². The van der Waals surface area contributed by atoms with Gasteiger partial charge in [-0.1, -0.05) is 6.92 Å². The number of aromatic nitrogens is 5. The summed E-state index contributed by atoms with van der Waals surface area (Å²) in [4.78, 5) is 19.4. The molecule has 0 bridgehead atoms. The second-order valence-corrected chi connectivity index (χ2v) is 6.67. The van der Waals surface area contributed by atoms with Crippen LogP contribution in [0.3, 0.4) is 0 Å². The van der Waals surface area contributed by atoms with Crippen LogP contribution in [0.25, 0.3) is 22.3 Å². The zero-order valence-corrected chi connectivity index (χ0v) is 15.7. The van der Waals surface area contributed by atoms with Gasteiger partial charge in [0.05, 0.1) is 16.8 Å². The molecule has 26 heavy (non-hydrogen) atoms. The van der Waals surface area contributed by atoms with Crippen LogP contribution in [-0.2, 0) is 7.05 Å². The molecule has 1 atom stereocenters. The number of halogens is 2. The maximum Gasteiger partial charge on any atom is 0.264 e. The molecular formula is C17H19F2N5OS. The van der Waals surface area contributed by atoms with Gasteiger partial charge in [-0.3, -0.25) is 19.0 Å². The number of nitrogens with zero attached hydrogens (tertiary/aromatic N) is 4. The van der Waals surface area contributed by atoms with Gasteiger partial charge in [0, 0.05) is 30.4 Å². The molecule has 0 spiro atoms. The summed E-state index contributed by atoms with van der Waals surface area (Å²) in [6, 6.07) is 1.15. The van der Waals surface area contributed by atoms with Crippen molar-refractivity contribution in [2.75, 3.05) is 0 Å². The Labute approximate surface area is 153 Å². The van der Waals surface area contributed by atoms with Crippen molar-refractivity contribution < 1.29 is 8.78 Å². The first-order valence-electron chi connectivity index (χ1n) is 8.22. The van der Waals surface area contributed by atoms with Crippen molar-refractivity contribution >= 4 is 23.3 Å². The minimum atomic E-state index is -2.82. The van der Waals surface area contributed by atoms with Gasteiger partial charge in [-0.05, 0) is 38.6 Å². The Morgan fingerprint density at radius 1 is 1.38 bits per heavy atom. The van der Waals surface area contributed by atoms with Gasteiger partial charge in [-0.15, -0.1) is 0 Å². The van der Waals surface area contributed by atoms with Crippen LogP contribution in [0.15, 0.2) is 17.1 Å². The molecule has 3 rings (SSSR count). The summed E-state index contributed by atoms with van der Waals surface area (Å²) in [7, 11) is 1.75.